The third-order valence-electron chi connectivity index (χ3n) is 1.65. The lowest BCUT2D eigenvalue weighted by molar-refractivity contribution is -0.118. The van der Waals surface area contributed by atoms with Crippen LogP contribution in [-0.2, 0) is 4.79 Å². The molecule has 0 heterocycles. The molecule has 0 aliphatic carbocycles. The molecule has 4 nitrogen and oxygen atoms in total. The van der Waals surface area contributed by atoms with Crippen LogP contribution in [0.1, 0.15) is 20.3 Å². The first-order valence-corrected chi connectivity index (χ1v) is 4.29. The van der Waals surface area contributed by atoms with Crippen LogP contribution in [0, 0.1) is 0 Å². The zero-order chi connectivity index (χ0) is 9.40. The van der Waals surface area contributed by atoms with Crippen molar-refractivity contribution >= 4 is 5.91 Å². The van der Waals surface area contributed by atoms with Crippen molar-refractivity contribution in [3.05, 3.63) is 0 Å². The molecule has 0 aromatic carbocycles. The summed E-state index contributed by atoms with van der Waals surface area (Å²) in [6, 6.07) is 0.152. The van der Waals surface area contributed by atoms with Gasteiger partial charge in [-0.2, -0.15) is 0 Å². The van der Waals surface area contributed by atoms with Crippen molar-refractivity contribution < 1.29 is 9.90 Å². The van der Waals surface area contributed by atoms with E-state index in [1.807, 2.05) is 6.92 Å². The van der Waals surface area contributed by atoms with Gasteiger partial charge in [-0.1, -0.05) is 6.92 Å². The van der Waals surface area contributed by atoms with Gasteiger partial charge in [0.25, 0.3) is 0 Å². The first-order chi connectivity index (χ1) is 5.70. The average molecular weight is 174 g/mol. The van der Waals surface area contributed by atoms with Gasteiger partial charge in [0.2, 0.25) is 5.91 Å². The lowest BCUT2D eigenvalue weighted by Gasteiger charge is -2.13. The Bertz CT molecular complexity index is 124. The molecule has 0 fully saturated rings. The fourth-order valence-electron chi connectivity index (χ4n) is 0.853. The lowest BCUT2D eigenvalue weighted by Crippen LogP contribution is -2.37. The number of aliphatic hydroxyl groups excluding tert-OH is 1. The Hall–Kier alpha value is -0.610. The van der Waals surface area contributed by atoms with Crippen LogP contribution in [0.4, 0.5) is 0 Å². The fourth-order valence-corrected chi connectivity index (χ4v) is 0.853. The predicted molar refractivity (Wildman–Crippen MR) is 47.9 cm³/mol. The Balaban J connectivity index is 3.23. The van der Waals surface area contributed by atoms with Crippen molar-refractivity contribution in [2.75, 3.05) is 19.7 Å². The summed E-state index contributed by atoms with van der Waals surface area (Å²) in [5, 5.41) is 14.6. The van der Waals surface area contributed by atoms with E-state index in [0.717, 1.165) is 6.42 Å². The Morgan fingerprint density at radius 1 is 1.50 bits per heavy atom. The van der Waals surface area contributed by atoms with E-state index >= 15 is 0 Å². The number of aliphatic hydroxyl groups is 1. The van der Waals surface area contributed by atoms with Crippen LogP contribution in [0.3, 0.4) is 0 Å². The number of carbonyl (C=O) groups excluding carboxylic acids is 1. The van der Waals surface area contributed by atoms with Crippen molar-refractivity contribution in [3.8, 4) is 0 Å². The molecule has 0 saturated heterocycles. The first-order valence-electron chi connectivity index (χ1n) is 4.29. The summed E-state index contributed by atoms with van der Waals surface area (Å²) in [4.78, 5) is 10.4. The largest absolute Gasteiger partial charge is 0.395 e. The molecule has 1 unspecified atom stereocenters. The molecule has 0 radical (unpaired) electrons. The van der Waals surface area contributed by atoms with Crippen LogP contribution in [0.15, 0.2) is 0 Å². The van der Waals surface area contributed by atoms with Crippen LogP contribution in [-0.4, -0.2) is 36.8 Å². The molecule has 3 N–H and O–H groups in total. The fraction of sp³-hybridized carbons (Fsp3) is 0.875. The molecule has 12 heavy (non-hydrogen) atoms. The Morgan fingerprint density at radius 3 is 2.58 bits per heavy atom. The van der Waals surface area contributed by atoms with Gasteiger partial charge < -0.3 is 15.7 Å². The van der Waals surface area contributed by atoms with Crippen LogP contribution in [0.2, 0.25) is 0 Å². The summed E-state index contributed by atoms with van der Waals surface area (Å²) in [5.41, 5.74) is 0. The summed E-state index contributed by atoms with van der Waals surface area (Å²) in [7, 11) is 0. The number of hydrogen-bond donors (Lipinski definition) is 3. The Labute approximate surface area is 73.3 Å². The standard InChI is InChI=1S/C8H18N2O2/c1-3-8(6-11)10-5-4-9-7(2)12/h8,10-11H,3-6H2,1-2H3,(H,9,12). The summed E-state index contributed by atoms with van der Waals surface area (Å²) in [6.45, 7) is 4.97. The summed E-state index contributed by atoms with van der Waals surface area (Å²) in [6.07, 6.45) is 0.899. The lowest BCUT2D eigenvalue weighted by atomic mass is 10.2. The highest BCUT2D eigenvalue weighted by Gasteiger charge is 2.01. The molecular weight excluding hydrogens is 156 g/mol. The summed E-state index contributed by atoms with van der Waals surface area (Å²) >= 11 is 0. The third kappa shape index (κ3) is 6.12. The number of amides is 1. The molecule has 0 aromatic rings. The van der Waals surface area contributed by atoms with Gasteiger partial charge in [0.05, 0.1) is 6.61 Å². The minimum absolute atomic E-state index is 0.0196. The van der Waals surface area contributed by atoms with E-state index in [1.165, 1.54) is 6.92 Å². The van der Waals surface area contributed by atoms with E-state index in [1.54, 1.807) is 0 Å². The number of carbonyl (C=O) groups is 1. The average Bonchev–Trinajstić information content (AvgIpc) is 2.04. The highest BCUT2D eigenvalue weighted by atomic mass is 16.3. The maximum atomic E-state index is 10.4. The second-order valence-electron chi connectivity index (χ2n) is 2.72. The van der Waals surface area contributed by atoms with E-state index in [-0.39, 0.29) is 18.6 Å². The van der Waals surface area contributed by atoms with Crippen molar-refractivity contribution in [1.82, 2.24) is 10.6 Å². The van der Waals surface area contributed by atoms with Crippen LogP contribution < -0.4 is 10.6 Å². The van der Waals surface area contributed by atoms with E-state index < -0.39 is 0 Å². The van der Waals surface area contributed by atoms with Crippen LogP contribution in [0.25, 0.3) is 0 Å². The Morgan fingerprint density at radius 2 is 2.17 bits per heavy atom. The van der Waals surface area contributed by atoms with Crippen molar-refractivity contribution in [3.63, 3.8) is 0 Å². The minimum atomic E-state index is -0.0196. The predicted octanol–water partition coefficient (Wildman–Crippen LogP) is -0.517. The zero-order valence-electron chi connectivity index (χ0n) is 7.76. The van der Waals surface area contributed by atoms with Gasteiger partial charge in [-0.3, -0.25) is 4.79 Å². The van der Waals surface area contributed by atoms with Crippen LogP contribution >= 0.6 is 0 Å². The molecule has 72 valence electrons. The van der Waals surface area contributed by atoms with Crippen molar-refractivity contribution in [2.24, 2.45) is 0 Å². The van der Waals surface area contributed by atoms with Gasteiger partial charge in [0.1, 0.15) is 0 Å². The SMILES string of the molecule is CCC(CO)NCCNC(C)=O. The number of hydrogen-bond acceptors (Lipinski definition) is 3. The highest BCUT2D eigenvalue weighted by Crippen LogP contribution is 1.86. The van der Waals surface area contributed by atoms with E-state index in [0.29, 0.717) is 13.1 Å². The summed E-state index contributed by atoms with van der Waals surface area (Å²) in [5.74, 6) is -0.0196. The quantitative estimate of drug-likeness (QED) is 0.475. The van der Waals surface area contributed by atoms with Gasteiger partial charge in [-0.15, -0.1) is 0 Å². The molecule has 0 aliphatic heterocycles. The van der Waals surface area contributed by atoms with Gasteiger partial charge in [0, 0.05) is 26.1 Å². The molecular formula is C8H18N2O2. The van der Waals surface area contributed by atoms with E-state index in [4.69, 9.17) is 5.11 Å². The second-order valence-corrected chi connectivity index (χ2v) is 2.72. The zero-order valence-corrected chi connectivity index (χ0v) is 7.76. The molecule has 4 heteroatoms. The number of rotatable bonds is 6. The van der Waals surface area contributed by atoms with Gasteiger partial charge in [0.15, 0.2) is 0 Å². The molecule has 0 rings (SSSR count). The molecule has 1 amide bonds. The molecule has 0 aliphatic rings. The number of nitrogens with one attached hydrogen (secondary N) is 2. The monoisotopic (exact) mass is 174 g/mol. The van der Waals surface area contributed by atoms with Crippen molar-refractivity contribution in [2.45, 2.75) is 26.3 Å². The van der Waals surface area contributed by atoms with Crippen LogP contribution in [0.5, 0.6) is 0 Å². The topological polar surface area (TPSA) is 61.4 Å². The normalized spacial score (nSPS) is 12.6. The molecule has 0 saturated carbocycles. The maximum absolute atomic E-state index is 10.4. The van der Waals surface area contributed by atoms with Crippen molar-refractivity contribution in [1.29, 1.82) is 0 Å². The first kappa shape index (κ1) is 11.4. The van der Waals surface area contributed by atoms with Gasteiger partial charge in [-0.05, 0) is 6.42 Å². The second kappa shape index (κ2) is 7.06. The van der Waals surface area contributed by atoms with E-state index in [2.05, 4.69) is 10.6 Å². The highest BCUT2D eigenvalue weighted by molar-refractivity contribution is 5.72. The maximum Gasteiger partial charge on any atom is 0.216 e. The minimum Gasteiger partial charge on any atom is -0.395 e. The van der Waals surface area contributed by atoms with Gasteiger partial charge in [-0.25, -0.2) is 0 Å². The molecule has 0 bridgehead atoms. The molecule has 0 spiro atoms. The Kier molecular flexibility index (Phi) is 6.70. The summed E-state index contributed by atoms with van der Waals surface area (Å²) < 4.78 is 0. The van der Waals surface area contributed by atoms with E-state index in [9.17, 15) is 4.79 Å². The molecule has 1 atom stereocenters. The smallest absolute Gasteiger partial charge is 0.216 e. The van der Waals surface area contributed by atoms with Gasteiger partial charge >= 0.3 is 0 Å². The third-order valence-corrected chi connectivity index (χ3v) is 1.65. The molecule has 0 aromatic heterocycles.